The number of nitrogens with one attached hydrogen (secondary N) is 1. The molecule has 0 aromatic heterocycles. The minimum atomic E-state index is -0.759. The predicted octanol–water partition coefficient (Wildman–Crippen LogP) is 2.42. The minimum absolute atomic E-state index is 0.0618. The van der Waals surface area contributed by atoms with E-state index in [1.807, 2.05) is 49.4 Å². The molecule has 3 nitrogen and oxygen atoms in total. The fraction of sp³-hybridized carbons (Fsp3) is 0.500. The molecule has 0 aliphatic carbocycles. The lowest BCUT2D eigenvalue weighted by atomic mass is 9.97. The summed E-state index contributed by atoms with van der Waals surface area (Å²) in [4.78, 5) is 0. The third-order valence-corrected chi connectivity index (χ3v) is 3.26. The van der Waals surface area contributed by atoms with Gasteiger partial charge in [-0.3, -0.25) is 5.32 Å². The lowest BCUT2D eigenvalue weighted by molar-refractivity contribution is 0.115. The van der Waals surface area contributed by atoms with Crippen molar-refractivity contribution in [2.24, 2.45) is 0 Å². The maximum absolute atomic E-state index is 9.60. The highest BCUT2D eigenvalue weighted by atomic mass is 16.3. The van der Waals surface area contributed by atoms with Crippen LogP contribution in [0, 0.1) is 0 Å². The van der Waals surface area contributed by atoms with E-state index in [9.17, 15) is 10.2 Å². The number of hydrogen-bond acceptors (Lipinski definition) is 3. The Hall–Kier alpha value is -1.16. The zero-order valence-corrected chi connectivity index (χ0v) is 11.8. The molecule has 0 amide bonds. The van der Waals surface area contributed by atoms with Gasteiger partial charge >= 0.3 is 0 Å². The highest BCUT2D eigenvalue weighted by Gasteiger charge is 2.27. The van der Waals surface area contributed by atoms with Gasteiger partial charge in [0.05, 0.1) is 18.8 Å². The van der Waals surface area contributed by atoms with Gasteiger partial charge in [-0.2, -0.15) is 0 Å². The van der Waals surface area contributed by atoms with E-state index in [1.165, 1.54) is 0 Å². The minimum Gasteiger partial charge on any atom is -0.394 e. The molecule has 3 heteroatoms. The zero-order chi connectivity index (χ0) is 14.1. The summed E-state index contributed by atoms with van der Waals surface area (Å²) in [6.45, 7) is 3.88. The van der Waals surface area contributed by atoms with E-state index in [0.717, 1.165) is 18.4 Å². The molecular formula is C16H25NO2. The molecule has 3 N–H and O–H groups in total. The molecule has 106 valence electrons. The molecule has 0 saturated heterocycles. The summed E-state index contributed by atoms with van der Waals surface area (Å²) < 4.78 is 0. The van der Waals surface area contributed by atoms with Gasteiger partial charge in [-0.25, -0.2) is 0 Å². The molecule has 1 aromatic carbocycles. The molecule has 1 rings (SSSR count). The van der Waals surface area contributed by atoms with Gasteiger partial charge in [-0.1, -0.05) is 55.8 Å². The Kier molecular flexibility index (Phi) is 6.78. The van der Waals surface area contributed by atoms with Gasteiger partial charge in [-0.05, 0) is 18.9 Å². The van der Waals surface area contributed by atoms with Crippen molar-refractivity contribution in [1.82, 2.24) is 5.32 Å². The van der Waals surface area contributed by atoms with E-state index in [-0.39, 0.29) is 19.3 Å². The van der Waals surface area contributed by atoms with Gasteiger partial charge in [0.1, 0.15) is 0 Å². The number of aliphatic hydroxyl groups excluding tert-OH is 2. The van der Waals surface area contributed by atoms with Crippen LogP contribution in [0.1, 0.15) is 38.3 Å². The topological polar surface area (TPSA) is 52.5 Å². The quantitative estimate of drug-likeness (QED) is 0.631. The van der Waals surface area contributed by atoms with E-state index < -0.39 is 5.54 Å². The van der Waals surface area contributed by atoms with E-state index in [4.69, 9.17) is 0 Å². The van der Waals surface area contributed by atoms with Crippen LogP contribution in [0.25, 0.3) is 0 Å². The summed E-state index contributed by atoms with van der Waals surface area (Å²) in [5, 5.41) is 22.5. The van der Waals surface area contributed by atoms with Crippen molar-refractivity contribution < 1.29 is 10.2 Å². The average molecular weight is 263 g/mol. The van der Waals surface area contributed by atoms with Crippen LogP contribution in [0.3, 0.4) is 0 Å². The second-order valence-corrected chi connectivity index (χ2v) is 4.94. The van der Waals surface area contributed by atoms with Gasteiger partial charge < -0.3 is 10.2 Å². The van der Waals surface area contributed by atoms with Gasteiger partial charge in [-0.15, -0.1) is 0 Å². The van der Waals surface area contributed by atoms with Crippen LogP contribution in [0.4, 0.5) is 0 Å². The Bertz CT molecular complexity index is 372. The number of rotatable bonds is 8. The van der Waals surface area contributed by atoms with Gasteiger partial charge in [0.2, 0.25) is 0 Å². The molecule has 0 spiro atoms. The summed E-state index contributed by atoms with van der Waals surface area (Å²) in [6.07, 6.45) is 5.90. The second-order valence-electron chi connectivity index (χ2n) is 4.94. The van der Waals surface area contributed by atoms with Crippen molar-refractivity contribution in [2.45, 2.75) is 38.3 Å². The van der Waals surface area contributed by atoms with Crippen LogP contribution in [0.2, 0.25) is 0 Å². The number of allylic oxidation sites excluding steroid dienone is 1. The normalized spacial score (nSPS) is 13.9. The maximum Gasteiger partial charge on any atom is 0.0837 e. The summed E-state index contributed by atoms with van der Waals surface area (Å²) in [7, 11) is 0. The number of aliphatic hydroxyl groups is 2. The van der Waals surface area contributed by atoms with Crippen LogP contribution in [-0.2, 0) is 0 Å². The molecular weight excluding hydrogens is 238 g/mol. The molecule has 1 atom stereocenters. The molecule has 0 aliphatic heterocycles. The summed E-state index contributed by atoms with van der Waals surface area (Å²) >= 11 is 0. The molecule has 1 aromatic rings. The van der Waals surface area contributed by atoms with Gasteiger partial charge in [0.15, 0.2) is 0 Å². The van der Waals surface area contributed by atoms with Crippen molar-refractivity contribution in [1.29, 1.82) is 0 Å². The van der Waals surface area contributed by atoms with Crippen molar-refractivity contribution >= 4 is 0 Å². The highest BCUT2D eigenvalue weighted by Crippen LogP contribution is 2.17. The molecule has 0 radical (unpaired) electrons. The van der Waals surface area contributed by atoms with Crippen LogP contribution in [0.5, 0.6) is 0 Å². The third kappa shape index (κ3) is 4.78. The first-order chi connectivity index (χ1) is 9.17. The Morgan fingerprint density at radius 2 is 1.84 bits per heavy atom. The van der Waals surface area contributed by atoms with Gasteiger partial charge in [0, 0.05) is 6.04 Å². The zero-order valence-electron chi connectivity index (χ0n) is 11.8. The lowest BCUT2D eigenvalue weighted by Gasteiger charge is -2.31. The standard InChI is InChI=1S/C16H25NO2/c1-3-4-8-11-16(12-18,13-19)17-14(2)15-9-6-5-7-10-15/h5-11,14,17-19H,3-4,12-13H2,1-2H3/b11-8+/t14-/m0/s1. The smallest absolute Gasteiger partial charge is 0.0837 e. The fourth-order valence-corrected chi connectivity index (χ4v) is 2.03. The molecule has 0 bridgehead atoms. The van der Waals surface area contributed by atoms with E-state index in [0.29, 0.717) is 0 Å². The monoisotopic (exact) mass is 263 g/mol. The summed E-state index contributed by atoms with van der Waals surface area (Å²) in [5.74, 6) is 0. The average Bonchev–Trinajstić information content (AvgIpc) is 2.47. The van der Waals surface area contributed by atoms with Crippen molar-refractivity contribution in [2.75, 3.05) is 13.2 Å². The van der Waals surface area contributed by atoms with Crippen molar-refractivity contribution in [3.8, 4) is 0 Å². The largest absolute Gasteiger partial charge is 0.394 e. The number of unbranched alkanes of at least 4 members (excludes halogenated alkanes) is 1. The predicted molar refractivity (Wildman–Crippen MR) is 78.9 cm³/mol. The van der Waals surface area contributed by atoms with Gasteiger partial charge in [0.25, 0.3) is 0 Å². The first kappa shape index (κ1) is 15.9. The number of benzene rings is 1. The first-order valence-corrected chi connectivity index (χ1v) is 6.89. The van der Waals surface area contributed by atoms with Crippen molar-refractivity contribution in [3.05, 3.63) is 48.0 Å². The van der Waals surface area contributed by atoms with E-state index >= 15 is 0 Å². The first-order valence-electron chi connectivity index (χ1n) is 6.89. The van der Waals surface area contributed by atoms with Crippen molar-refractivity contribution in [3.63, 3.8) is 0 Å². The third-order valence-electron chi connectivity index (χ3n) is 3.26. The Labute approximate surface area is 116 Å². The summed E-state index contributed by atoms with van der Waals surface area (Å²) in [6, 6.07) is 10.1. The van der Waals surface area contributed by atoms with Crippen LogP contribution >= 0.6 is 0 Å². The fourth-order valence-electron chi connectivity index (χ4n) is 2.03. The molecule has 0 heterocycles. The molecule has 0 saturated carbocycles. The number of hydrogen-bond donors (Lipinski definition) is 3. The van der Waals surface area contributed by atoms with E-state index in [2.05, 4.69) is 12.2 Å². The second kappa shape index (κ2) is 8.10. The van der Waals surface area contributed by atoms with E-state index in [1.54, 1.807) is 0 Å². The van der Waals surface area contributed by atoms with Crippen LogP contribution in [-0.4, -0.2) is 29.0 Å². The Morgan fingerprint density at radius 3 is 2.37 bits per heavy atom. The summed E-state index contributed by atoms with van der Waals surface area (Å²) in [5.41, 5.74) is 0.377. The lowest BCUT2D eigenvalue weighted by Crippen LogP contribution is -2.51. The molecule has 0 unspecified atom stereocenters. The Morgan fingerprint density at radius 1 is 1.21 bits per heavy atom. The van der Waals surface area contributed by atoms with Crippen LogP contribution < -0.4 is 5.32 Å². The highest BCUT2D eigenvalue weighted by molar-refractivity contribution is 5.20. The molecule has 0 aliphatic rings. The molecule has 19 heavy (non-hydrogen) atoms. The maximum atomic E-state index is 9.60. The molecule has 0 fully saturated rings. The Balaban J connectivity index is 2.77. The van der Waals surface area contributed by atoms with Crippen LogP contribution in [0.15, 0.2) is 42.5 Å². The SMILES string of the molecule is CCC/C=C/C(CO)(CO)N[C@@H](C)c1ccccc1.